The maximum atomic E-state index is 10.6. The molecule has 1 nitrogen and oxygen atoms in total. The van der Waals surface area contributed by atoms with Crippen molar-refractivity contribution in [1.82, 2.24) is 0 Å². The Morgan fingerprint density at radius 2 is 1.37 bits per heavy atom. The molecular weight excluding hydrogens is 272 g/mol. The summed E-state index contributed by atoms with van der Waals surface area (Å²) in [5, 5.41) is 17.1. The van der Waals surface area contributed by atoms with Gasteiger partial charge in [0.1, 0.15) is 5.75 Å². The van der Waals surface area contributed by atoms with Gasteiger partial charge in [0.15, 0.2) is 0 Å². The first-order valence-corrected chi connectivity index (χ1v) is 7.77. The van der Waals surface area contributed by atoms with E-state index >= 15 is 0 Å². The largest absolute Gasteiger partial charge is 0.506 e. The van der Waals surface area contributed by atoms with Crippen molar-refractivity contribution in [2.75, 3.05) is 0 Å². The Morgan fingerprint density at radius 3 is 2.11 bits per heavy atom. The lowest BCUT2D eigenvalue weighted by atomic mass is 10.0. The Hall–Kier alpha value is -1.84. The summed E-state index contributed by atoms with van der Waals surface area (Å²) in [5.74, 6) is 0.408. The van der Waals surface area contributed by atoms with E-state index in [1.165, 1.54) is 5.39 Å². The van der Waals surface area contributed by atoms with Gasteiger partial charge in [-0.15, -0.1) is 22.7 Å². The molecule has 0 fully saturated rings. The minimum atomic E-state index is 0.408. The predicted molar refractivity (Wildman–Crippen MR) is 84.3 cm³/mol. The number of fused-ring (bicyclic) bond motifs is 3. The highest BCUT2D eigenvalue weighted by Crippen LogP contribution is 2.47. The zero-order valence-electron chi connectivity index (χ0n) is 9.96. The van der Waals surface area contributed by atoms with Crippen LogP contribution in [0.15, 0.2) is 53.2 Å². The average Bonchev–Trinajstić information content (AvgIpc) is 3.08. The highest BCUT2D eigenvalue weighted by Gasteiger charge is 2.16. The molecule has 1 N–H and O–H groups in total. The third-order valence-electron chi connectivity index (χ3n) is 3.36. The van der Waals surface area contributed by atoms with Crippen LogP contribution < -0.4 is 0 Å². The third kappa shape index (κ3) is 1.52. The predicted octanol–water partition coefficient (Wildman–Crippen LogP) is 5.49. The molecule has 4 rings (SSSR count). The molecule has 0 radical (unpaired) electrons. The van der Waals surface area contributed by atoms with Gasteiger partial charge in [-0.2, -0.15) is 0 Å². The van der Waals surface area contributed by atoms with E-state index in [1.807, 2.05) is 35.7 Å². The van der Waals surface area contributed by atoms with Crippen LogP contribution in [0.25, 0.3) is 31.3 Å². The molecule has 19 heavy (non-hydrogen) atoms. The lowest BCUT2D eigenvalue weighted by Crippen LogP contribution is -1.80. The molecular formula is C16H10OS2. The fourth-order valence-corrected chi connectivity index (χ4v) is 4.35. The van der Waals surface area contributed by atoms with Crippen LogP contribution in [0.5, 0.6) is 5.75 Å². The first kappa shape index (κ1) is 11.0. The van der Waals surface area contributed by atoms with Crippen molar-refractivity contribution >= 4 is 42.8 Å². The molecule has 0 saturated heterocycles. The Kier molecular flexibility index (Phi) is 2.37. The van der Waals surface area contributed by atoms with Crippen molar-refractivity contribution < 1.29 is 5.11 Å². The molecule has 2 aromatic heterocycles. The second-order valence-electron chi connectivity index (χ2n) is 4.42. The van der Waals surface area contributed by atoms with Crippen molar-refractivity contribution in [3.8, 4) is 16.9 Å². The highest BCUT2D eigenvalue weighted by molar-refractivity contribution is 7.20. The van der Waals surface area contributed by atoms with Crippen molar-refractivity contribution in [1.29, 1.82) is 0 Å². The second kappa shape index (κ2) is 4.08. The molecule has 0 spiro atoms. The Morgan fingerprint density at radius 1 is 0.737 bits per heavy atom. The minimum Gasteiger partial charge on any atom is -0.506 e. The van der Waals surface area contributed by atoms with Crippen molar-refractivity contribution in [3.05, 3.63) is 53.2 Å². The maximum absolute atomic E-state index is 10.6. The SMILES string of the molecule is Oc1c(-c2ccccc2)c2sccc2c2ccsc12. The molecule has 0 amide bonds. The summed E-state index contributed by atoms with van der Waals surface area (Å²) in [6, 6.07) is 14.3. The van der Waals surface area contributed by atoms with Crippen molar-refractivity contribution in [2.45, 2.75) is 0 Å². The Bertz CT molecular complexity index is 872. The molecule has 2 aromatic carbocycles. The summed E-state index contributed by atoms with van der Waals surface area (Å²) >= 11 is 3.28. The van der Waals surface area contributed by atoms with Gasteiger partial charge in [0.05, 0.1) is 4.70 Å². The van der Waals surface area contributed by atoms with E-state index in [-0.39, 0.29) is 0 Å². The number of hydrogen-bond acceptors (Lipinski definition) is 3. The first-order chi connectivity index (χ1) is 9.36. The van der Waals surface area contributed by atoms with Gasteiger partial charge in [-0.1, -0.05) is 30.3 Å². The van der Waals surface area contributed by atoms with Gasteiger partial charge in [0.2, 0.25) is 0 Å². The number of rotatable bonds is 1. The summed E-state index contributed by atoms with van der Waals surface area (Å²) in [7, 11) is 0. The van der Waals surface area contributed by atoms with Crippen LogP contribution >= 0.6 is 22.7 Å². The molecule has 0 aliphatic carbocycles. The van der Waals surface area contributed by atoms with Gasteiger partial charge >= 0.3 is 0 Å². The van der Waals surface area contributed by atoms with Crippen LogP contribution in [0.1, 0.15) is 0 Å². The average molecular weight is 282 g/mol. The summed E-state index contributed by atoms with van der Waals surface area (Å²) in [6.45, 7) is 0. The highest BCUT2D eigenvalue weighted by atomic mass is 32.1. The first-order valence-electron chi connectivity index (χ1n) is 6.01. The van der Waals surface area contributed by atoms with Gasteiger partial charge in [-0.05, 0) is 28.5 Å². The molecule has 0 bridgehead atoms. The fraction of sp³-hybridized carbons (Fsp3) is 0. The quantitative estimate of drug-likeness (QED) is 0.489. The number of phenols is 1. The lowest BCUT2D eigenvalue weighted by molar-refractivity contribution is 0.485. The fourth-order valence-electron chi connectivity index (χ4n) is 2.51. The topological polar surface area (TPSA) is 20.2 Å². The Balaban J connectivity index is 2.24. The van der Waals surface area contributed by atoms with E-state index in [1.54, 1.807) is 22.7 Å². The van der Waals surface area contributed by atoms with Crippen LogP contribution in [0.2, 0.25) is 0 Å². The lowest BCUT2D eigenvalue weighted by Gasteiger charge is -2.08. The molecule has 0 unspecified atom stereocenters. The second-order valence-corrected chi connectivity index (χ2v) is 6.25. The normalized spacial score (nSPS) is 11.4. The number of thiophene rings is 2. The van der Waals surface area contributed by atoms with Crippen molar-refractivity contribution in [2.24, 2.45) is 0 Å². The molecule has 4 aromatic rings. The zero-order valence-corrected chi connectivity index (χ0v) is 11.6. The van der Waals surface area contributed by atoms with E-state index in [2.05, 4.69) is 17.5 Å². The van der Waals surface area contributed by atoms with Gasteiger partial charge in [0, 0.05) is 21.0 Å². The molecule has 0 atom stereocenters. The maximum Gasteiger partial charge on any atom is 0.142 e. The molecule has 2 heterocycles. The van der Waals surface area contributed by atoms with E-state index in [9.17, 15) is 5.11 Å². The van der Waals surface area contributed by atoms with Crippen LogP contribution in [0.3, 0.4) is 0 Å². The smallest absolute Gasteiger partial charge is 0.142 e. The molecule has 3 heteroatoms. The standard InChI is InChI=1S/C16H10OS2/c17-14-13(10-4-2-1-3-5-10)15-11(6-8-18-15)12-7-9-19-16(12)14/h1-9,17H. The number of aromatic hydroxyl groups is 1. The van der Waals surface area contributed by atoms with E-state index in [0.29, 0.717) is 5.75 Å². The summed E-state index contributed by atoms with van der Waals surface area (Å²) in [5.41, 5.74) is 2.03. The monoisotopic (exact) mass is 282 g/mol. The van der Waals surface area contributed by atoms with E-state index < -0.39 is 0 Å². The zero-order chi connectivity index (χ0) is 12.8. The van der Waals surface area contributed by atoms with E-state index in [4.69, 9.17) is 0 Å². The summed E-state index contributed by atoms with van der Waals surface area (Å²) < 4.78 is 2.14. The third-order valence-corrected chi connectivity index (χ3v) is 5.22. The molecule has 0 saturated carbocycles. The van der Waals surface area contributed by atoms with Crippen LogP contribution in [0.4, 0.5) is 0 Å². The molecule has 92 valence electrons. The van der Waals surface area contributed by atoms with Crippen LogP contribution in [-0.4, -0.2) is 5.11 Å². The van der Waals surface area contributed by atoms with Crippen molar-refractivity contribution in [3.63, 3.8) is 0 Å². The van der Waals surface area contributed by atoms with Crippen LogP contribution in [0, 0.1) is 0 Å². The van der Waals surface area contributed by atoms with Crippen LogP contribution in [-0.2, 0) is 0 Å². The molecule has 0 aliphatic heterocycles. The minimum absolute atomic E-state index is 0.408. The number of benzene rings is 2. The summed E-state index contributed by atoms with van der Waals surface area (Å²) in [4.78, 5) is 0. The van der Waals surface area contributed by atoms with E-state index in [0.717, 1.165) is 25.9 Å². The number of hydrogen-bond donors (Lipinski definition) is 1. The number of phenolic OH excluding ortho intramolecular Hbond substituents is 1. The van der Waals surface area contributed by atoms with Gasteiger partial charge in [-0.3, -0.25) is 0 Å². The van der Waals surface area contributed by atoms with Gasteiger partial charge in [-0.25, -0.2) is 0 Å². The van der Waals surface area contributed by atoms with Gasteiger partial charge < -0.3 is 5.11 Å². The Labute approximate surface area is 118 Å². The van der Waals surface area contributed by atoms with Gasteiger partial charge in [0.25, 0.3) is 0 Å². The molecule has 0 aliphatic rings. The summed E-state index contributed by atoms with van der Waals surface area (Å²) in [6.07, 6.45) is 0.